The number of tetrazole rings is 1. The van der Waals surface area contributed by atoms with Gasteiger partial charge < -0.3 is 4.74 Å². The molecule has 0 aliphatic rings. The molecule has 0 atom stereocenters. The van der Waals surface area contributed by atoms with E-state index in [1.807, 2.05) is 23.6 Å². The maximum Gasteiger partial charge on any atom is 0.327 e. The minimum Gasteiger partial charge on any atom is -0.468 e. The number of ether oxygens (including phenoxy) is 1. The van der Waals surface area contributed by atoms with Gasteiger partial charge in [0.15, 0.2) is 5.82 Å². The molecule has 0 amide bonds. The Balaban J connectivity index is 2.01. The standard InChI is InChI=1S/C12H10N4O2S/c1-18-11(17)7-16-12(13-14-15-16)9-3-2-8-4-5-19-10(8)6-9/h2-6H,7H2,1H3. The molecule has 3 rings (SSSR count). The molecule has 2 heterocycles. The number of nitrogens with zero attached hydrogens (tertiary/aromatic N) is 4. The fourth-order valence-electron chi connectivity index (χ4n) is 1.80. The van der Waals surface area contributed by atoms with Gasteiger partial charge in [-0.2, -0.15) is 0 Å². The number of rotatable bonds is 3. The quantitative estimate of drug-likeness (QED) is 0.680. The van der Waals surface area contributed by atoms with E-state index in [0.717, 1.165) is 10.3 Å². The highest BCUT2D eigenvalue weighted by molar-refractivity contribution is 7.17. The summed E-state index contributed by atoms with van der Waals surface area (Å²) in [6.45, 7) is 0.00130. The van der Waals surface area contributed by atoms with Gasteiger partial charge in [0, 0.05) is 10.3 Å². The molecule has 0 bridgehead atoms. The third-order valence-corrected chi connectivity index (χ3v) is 3.63. The van der Waals surface area contributed by atoms with Crippen LogP contribution in [0.1, 0.15) is 0 Å². The molecule has 0 aliphatic heterocycles. The number of fused-ring (bicyclic) bond motifs is 1. The average Bonchev–Trinajstić information content (AvgIpc) is 3.05. The number of benzene rings is 1. The van der Waals surface area contributed by atoms with Crippen molar-refractivity contribution in [1.29, 1.82) is 0 Å². The van der Waals surface area contributed by atoms with E-state index in [1.165, 1.54) is 17.2 Å². The van der Waals surface area contributed by atoms with Crippen molar-refractivity contribution in [1.82, 2.24) is 20.2 Å². The molecule has 0 saturated carbocycles. The Kier molecular flexibility index (Phi) is 2.96. The van der Waals surface area contributed by atoms with Crippen LogP contribution in [0.3, 0.4) is 0 Å². The van der Waals surface area contributed by atoms with Crippen molar-refractivity contribution in [2.24, 2.45) is 0 Å². The number of esters is 1. The largest absolute Gasteiger partial charge is 0.468 e. The SMILES string of the molecule is COC(=O)Cn1nnnc1-c1ccc2ccsc2c1. The maximum atomic E-state index is 11.3. The summed E-state index contributed by atoms with van der Waals surface area (Å²) in [5.74, 6) is 0.173. The Morgan fingerprint density at radius 1 is 1.42 bits per heavy atom. The van der Waals surface area contributed by atoms with Gasteiger partial charge in [-0.25, -0.2) is 4.68 Å². The van der Waals surface area contributed by atoms with Crippen molar-refractivity contribution >= 4 is 27.4 Å². The van der Waals surface area contributed by atoms with Crippen molar-refractivity contribution in [3.05, 3.63) is 29.6 Å². The fourth-order valence-corrected chi connectivity index (χ4v) is 2.63. The summed E-state index contributed by atoms with van der Waals surface area (Å²) in [6, 6.07) is 8.02. The van der Waals surface area contributed by atoms with Crippen LogP contribution in [0.25, 0.3) is 21.5 Å². The number of thiophene rings is 1. The summed E-state index contributed by atoms with van der Waals surface area (Å²) in [4.78, 5) is 11.3. The van der Waals surface area contributed by atoms with Crippen molar-refractivity contribution in [3.8, 4) is 11.4 Å². The van der Waals surface area contributed by atoms with Crippen LogP contribution in [0, 0.1) is 0 Å². The topological polar surface area (TPSA) is 69.9 Å². The van der Waals surface area contributed by atoms with Crippen LogP contribution in [0.5, 0.6) is 0 Å². The molecule has 0 fully saturated rings. The molecular weight excluding hydrogens is 264 g/mol. The molecule has 6 nitrogen and oxygen atoms in total. The van der Waals surface area contributed by atoms with E-state index in [-0.39, 0.29) is 12.5 Å². The highest BCUT2D eigenvalue weighted by atomic mass is 32.1. The number of methoxy groups -OCH3 is 1. The Hall–Kier alpha value is -2.28. The number of aromatic nitrogens is 4. The molecule has 3 aromatic rings. The molecule has 0 saturated heterocycles. The lowest BCUT2D eigenvalue weighted by atomic mass is 10.1. The molecular formula is C12H10N4O2S. The van der Waals surface area contributed by atoms with Crippen LogP contribution in [-0.2, 0) is 16.1 Å². The van der Waals surface area contributed by atoms with E-state index in [9.17, 15) is 4.79 Å². The van der Waals surface area contributed by atoms with Gasteiger partial charge in [0.25, 0.3) is 0 Å². The zero-order valence-corrected chi connectivity index (χ0v) is 10.9. The van der Waals surface area contributed by atoms with Gasteiger partial charge in [-0.1, -0.05) is 12.1 Å². The van der Waals surface area contributed by atoms with E-state index in [4.69, 9.17) is 0 Å². The van der Waals surface area contributed by atoms with Crippen LogP contribution < -0.4 is 0 Å². The van der Waals surface area contributed by atoms with E-state index >= 15 is 0 Å². The fraction of sp³-hybridized carbons (Fsp3) is 0.167. The van der Waals surface area contributed by atoms with Crippen LogP contribution >= 0.6 is 11.3 Å². The first-order valence-electron chi connectivity index (χ1n) is 5.58. The summed E-state index contributed by atoms with van der Waals surface area (Å²) >= 11 is 1.65. The lowest BCUT2D eigenvalue weighted by Gasteiger charge is -2.03. The van der Waals surface area contributed by atoms with Crippen molar-refractivity contribution in [2.45, 2.75) is 6.54 Å². The minimum atomic E-state index is -0.384. The van der Waals surface area contributed by atoms with Gasteiger partial charge in [-0.05, 0) is 33.3 Å². The summed E-state index contributed by atoms with van der Waals surface area (Å²) in [7, 11) is 1.34. The van der Waals surface area contributed by atoms with Crippen LogP contribution in [0.15, 0.2) is 29.6 Å². The van der Waals surface area contributed by atoms with Gasteiger partial charge in [0.1, 0.15) is 6.54 Å². The monoisotopic (exact) mass is 274 g/mol. The van der Waals surface area contributed by atoms with Gasteiger partial charge in [-0.15, -0.1) is 16.4 Å². The van der Waals surface area contributed by atoms with Crippen LogP contribution in [0.2, 0.25) is 0 Å². The molecule has 0 radical (unpaired) electrons. The molecule has 7 heteroatoms. The van der Waals surface area contributed by atoms with Crippen molar-refractivity contribution < 1.29 is 9.53 Å². The highest BCUT2D eigenvalue weighted by Gasteiger charge is 2.13. The molecule has 0 aliphatic carbocycles. The maximum absolute atomic E-state index is 11.3. The average molecular weight is 274 g/mol. The minimum absolute atomic E-state index is 0.00130. The second kappa shape index (κ2) is 4.77. The molecule has 2 aromatic heterocycles. The zero-order chi connectivity index (χ0) is 13.2. The molecule has 96 valence electrons. The predicted molar refractivity (Wildman–Crippen MR) is 70.7 cm³/mol. The van der Waals surface area contributed by atoms with E-state index in [2.05, 4.69) is 26.3 Å². The lowest BCUT2D eigenvalue weighted by Crippen LogP contribution is -2.13. The van der Waals surface area contributed by atoms with Crippen LogP contribution in [-0.4, -0.2) is 33.3 Å². The smallest absolute Gasteiger partial charge is 0.327 e. The first-order chi connectivity index (χ1) is 9.28. The second-order valence-corrected chi connectivity index (χ2v) is 4.86. The van der Waals surface area contributed by atoms with Gasteiger partial charge in [-0.3, -0.25) is 4.79 Å². The van der Waals surface area contributed by atoms with Crippen LogP contribution in [0.4, 0.5) is 0 Å². The molecule has 0 spiro atoms. The predicted octanol–water partition coefficient (Wildman–Crippen LogP) is 1.73. The summed E-state index contributed by atoms with van der Waals surface area (Å²) in [6.07, 6.45) is 0. The highest BCUT2D eigenvalue weighted by Crippen LogP contribution is 2.26. The molecule has 19 heavy (non-hydrogen) atoms. The summed E-state index contributed by atoms with van der Waals surface area (Å²) < 4.78 is 7.21. The lowest BCUT2D eigenvalue weighted by molar-refractivity contribution is -0.141. The summed E-state index contributed by atoms with van der Waals surface area (Å²) in [5.41, 5.74) is 0.879. The van der Waals surface area contributed by atoms with E-state index in [1.54, 1.807) is 11.3 Å². The number of carbonyl (C=O) groups is 1. The molecule has 1 aromatic carbocycles. The molecule has 0 unspecified atom stereocenters. The Labute approximate surface area is 112 Å². The zero-order valence-electron chi connectivity index (χ0n) is 10.1. The van der Waals surface area contributed by atoms with E-state index < -0.39 is 0 Å². The number of carbonyl (C=O) groups excluding carboxylic acids is 1. The third kappa shape index (κ3) is 2.19. The third-order valence-electron chi connectivity index (χ3n) is 2.75. The first kappa shape index (κ1) is 11.8. The van der Waals surface area contributed by atoms with Crippen molar-refractivity contribution in [3.63, 3.8) is 0 Å². The first-order valence-corrected chi connectivity index (χ1v) is 6.46. The van der Waals surface area contributed by atoms with Gasteiger partial charge in [0.2, 0.25) is 0 Å². The Morgan fingerprint density at radius 2 is 2.32 bits per heavy atom. The second-order valence-electron chi connectivity index (χ2n) is 3.91. The van der Waals surface area contributed by atoms with E-state index in [0.29, 0.717) is 5.82 Å². The normalized spacial score (nSPS) is 10.8. The van der Waals surface area contributed by atoms with Crippen molar-refractivity contribution in [2.75, 3.05) is 7.11 Å². The Morgan fingerprint density at radius 3 is 3.16 bits per heavy atom. The number of hydrogen-bond acceptors (Lipinski definition) is 6. The number of hydrogen-bond donors (Lipinski definition) is 0. The van der Waals surface area contributed by atoms with Gasteiger partial charge in [0.05, 0.1) is 7.11 Å². The Bertz CT molecular complexity index is 734. The van der Waals surface area contributed by atoms with Gasteiger partial charge >= 0.3 is 5.97 Å². The summed E-state index contributed by atoms with van der Waals surface area (Å²) in [5, 5.41) is 14.6. The molecule has 0 N–H and O–H groups in total.